The molecule has 6 nitrogen and oxygen atoms in total. The fourth-order valence-electron chi connectivity index (χ4n) is 13.3. The summed E-state index contributed by atoms with van der Waals surface area (Å²) in [4.78, 5) is 0. The summed E-state index contributed by atoms with van der Waals surface area (Å²) in [6.07, 6.45) is 15.2. The summed E-state index contributed by atoms with van der Waals surface area (Å²) in [6.45, 7) is 6.20. The zero-order valence-corrected chi connectivity index (χ0v) is 31.7. The molecule has 4 aromatic carbocycles. The topological polar surface area (TPSA) is 106 Å². The number of rotatable bonds is 8. The molecule has 0 aliphatic heterocycles. The van der Waals surface area contributed by atoms with E-state index in [1.165, 1.54) is 88.2 Å². The Morgan fingerprint density at radius 2 is 0.736 bits per heavy atom. The minimum atomic E-state index is -0.0510. The van der Waals surface area contributed by atoms with Crippen molar-refractivity contribution < 1.29 is 14.2 Å². The van der Waals surface area contributed by atoms with E-state index in [2.05, 4.69) is 32.9 Å². The molecular weight excluding hydrogens is 655 g/mol. The van der Waals surface area contributed by atoms with Crippen LogP contribution in [0.4, 0.5) is 17.1 Å². The van der Waals surface area contributed by atoms with Gasteiger partial charge in [-0.15, -0.1) is 0 Å². The molecule has 8 aliphatic carbocycles. The maximum Gasteiger partial charge on any atom is 0.142 e. The van der Waals surface area contributed by atoms with Gasteiger partial charge in [0.05, 0.1) is 0 Å². The van der Waals surface area contributed by atoms with Crippen molar-refractivity contribution in [1.82, 2.24) is 0 Å². The molecule has 53 heavy (non-hydrogen) atoms. The van der Waals surface area contributed by atoms with Crippen LogP contribution in [0, 0.1) is 56.3 Å². The number of hydrogen-bond donors (Lipinski definition) is 3. The highest BCUT2D eigenvalue weighted by Crippen LogP contribution is 2.69. The zero-order valence-electron chi connectivity index (χ0n) is 31.7. The van der Waals surface area contributed by atoms with Crippen molar-refractivity contribution >= 4 is 17.1 Å². The largest absolute Gasteiger partial charge is 0.456 e. The minimum Gasteiger partial charge on any atom is -0.456 e. The number of ether oxygens (including phenoxy) is 3. The van der Waals surface area contributed by atoms with Crippen LogP contribution in [0.3, 0.4) is 0 Å². The molecule has 0 atom stereocenters. The van der Waals surface area contributed by atoms with E-state index in [1.54, 1.807) is 0 Å². The van der Waals surface area contributed by atoms with Gasteiger partial charge in [-0.2, -0.15) is 0 Å². The van der Waals surface area contributed by atoms with Gasteiger partial charge in [-0.25, -0.2) is 0 Å². The van der Waals surface area contributed by atoms with E-state index in [0.29, 0.717) is 0 Å². The number of nitrogens with two attached hydrogens (primary N) is 3. The van der Waals surface area contributed by atoms with E-state index in [4.69, 9.17) is 31.4 Å². The van der Waals surface area contributed by atoms with Crippen LogP contribution >= 0.6 is 0 Å². The van der Waals surface area contributed by atoms with Crippen molar-refractivity contribution in [2.45, 2.75) is 109 Å². The van der Waals surface area contributed by atoms with Gasteiger partial charge in [0.1, 0.15) is 34.5 Å². The van der Waals surface area contributed by atoms with E-state index < -0.39 is 0 Å². The van der Waals surface area contributed by atoms with E-state index in [1.807, 2.05) is 48.5 Å². The van der Waals surface area contributed by atoms with Gasteiger partial charge in [0, 0.05) is 61.8 Å². The van der Waals surface area contributed by atoms with E-state index in [-0.39, 0.29) is 10.8 Å². The van der Waals surface area contributed by atoms with Crippen molar-refractivity contribution in [2.75, 3.05) is 17.2 Å². The number of hydrogen-bond acceptors (Lipinski definition) is 6. The third-order valence-corrected chi connectivity index (χ3v) is 15.0. The number of nitrogen functional groups attached to an aromatic ring is 3. The Kier molecular flexibility index (Phi) is 7.59. The molecule has 8 saturated carbocycles. The van der Waals surface area contributed by atoms with E-state index in [9.17, 15) is 0 Å². The van der Waals surface area contributed by atoms with Gasteiger partial charge in [-0.05, 0) is 170 Å². The minimum absolute atomic E-state index is 0.0510. The van der Waals surface area contributed by atoms with Crippen molar-refractivity contribution in [3.05, 3.63) is 88.5 Å². The van der Waals surface area contributed by atoms with Gasteiger partial charge in [-0.3, -0.25) is 0 Å². The first-order chi connectivity index (χ1) is 25.6. The molecule has 0 aromatic heterocycles. The van der Waals surface area contributed by atoms with Crippen LogP contribution in [0.2, 0.25) is 0 Å². The molecule has 0 heterocycles. The highest BCUT2D eigenvalue weighted by atomic mass is 16.5. The first kappa shape index (κ1) is 33.3. The Morgan fingerprint density at radius 1 is 0.434 bits per heavy atom. The molecule has 6 heteroatoms. The normalized spacial score (nSPS) is 31.9. The van der Waals surface area contributed by atoms with Crippen molar-refractivity contribution in [3.8, 4) is 34.5 Å². The summed E-state index contributed by atoms with van der Waals surface area (Å²) < 4.78 is 22.1. The first-order valence-electron chi connectivity index (χ1n) is 20.4. The van der Waals surface area contributed by atoms with Gasteiger partial charge < -0.3 is 31.4 Å². The zero-order chi connectivity index (χ0) is 36.2. The molecule has 8 aliphatic rings. The second kappa shape index (κ2) is 12.1. The Labute approximate surface area is 314 Å². The Balaban J connectivity index is 1.29. The lowest BCUT2D eigenvalue weighted by molar-refractivity contribution is -0.0110. The van der Waals surface area contributed by atoms with Gasteiger partial charge in [0.2, 0.25) is 0 Å². The van der Waals surface area contributed by atoms with Crippen LogP contribution < -0.4 is 31.4 Å². The lowest BCUT2D eigenvalue weighted by Gasteiger charge is -2.59. The fourth-order valence-corrected chi connectivity index (χ4v) is 13.3. The standard InChI is InChI=1S/C47H55N3O3/c1-26-35(48)7-4-10-38(26)51-41-19-42(52-39-11-5-8-36(49)27(39)2)44(47-23-32-16-33(24-47)18-34(17-32)25-47)45(53-40-12-6-9-37(50)28(40)3)43(41)46-20-29-13-30(21-46)15-31(14-29)22-46/h4-12,19,29-34H,13-18,20-25,48-50H2,1-3H3. The summed E-state index contributed by atoms with van der Waals surface area (Å²) in [7, 11) is 0. The van der Waals surface area contributed by atoms with Crippen LogP contribution in [0.25, 0.3) is 0 Å². The second-order valence-electron chi connectivity index (χ2n) is 18.6. The lowest BCUT2D eigenvalue weighted by atomic mass is 9.46. The molecule has 0 unspecified atom stereocenters. The van der Waals surface area contributed by atoms with Crippen LogP contribution in [-0.2, 0) is 10.8 Å². The molecule has 0 radical (unpaired) electrons. The predicted molar refractivity (Wildman–Crippen MR) is 213 cm³/mol. The monoisotopic (exact) mass is 709 g/mol. The van der Waals surface area contributed by atoms with Crippen molar-refractivity contribution in [2.24, 2.45) is 35.5 Å². The smallest absolute Gasteiger partial charge is 0.142 e. The van der Waals surface area contributed by atoms with Crippen LogP contribution in [0.1, 0.15) is 105 Å². The van der Waals surface area contributed by atoms with Crippen LogP contribution in [-0.4, -0.2) is 0 Å². The average Bonchev–Trinajstić information content (AvgIpc) is 3.09. The summed E-state index contributed by atoms with van der Waals surface area (Å²) in [5.74, 6) is 9.41. The predicted octanol–water partition coefficient (Wildman–Crippen LogP) is 11.7. The van der Waals surface area contributed by atoms with Crippen molar-refractivity contribution in [1.29, 1.82) is 0 Å². The molecule has 0 spiro atoms. The molecule has 6 N–H and O–H groups in total. The van der Waals surface area contributed by atoms with Gasteiger partial charge in [0.25, 0.3) is 0 Å². The summed E-state index contributed by atoms with van der Waals surface area (Å²) in [6, 6.07) is 20.3. The van der Waals surface area contributed by atoms with E-state index in [0.717, 1.165) is 104 Å². The molecule has 0 amide bonds. The molecule has 8 bridgehead atoms. The molecular formula is C47H55N3O3. The number of benzene rings is 4. The van der Waals surface area contributed by atoms with Crippen LogP contribution in [0.5, 0.6) is 34.5 Å². The Morgan fingerprint density at radius 3 is 1.06 bits per heavy atom. The second-order valence-corrected chi connectivity index (χ2v) is 18.6. The Bertz CT molecular complexity index is 1930. The average molecular weight is 710 g/mol. The maximum absolute atomic E-state index is 7.61. The van der Waals surface area contributed by atoms with Crippen molar-refractivity contribution in [3.63, 3.8) is 0 Å². The highest BCUT2D eigenvalue weighted by molar-refractivity contribution is 5.68. The maximum atomic E-state index is 7.61. The Hall–Kier alpha value is -4.32. The van der Waals surface area contributed by atoms with Gasteiger partial charge in [0.15, 0.2) is 0 Å². The summed E-state index contributed by atoms with van der Waals surface area (Å²) >= 11 is 0. The summed E-state index contributed by atoms with van der Waals surface area (Å²) in [5.41, 5.74) is 27.1. The van der Waals surface area contributed by atoms with Gasteiger partial charge in [-0.1, -0.05) is 18.2 Å². The third-order valence-electron chi connectivity index (χ3n) is 15.0. The van der Waals surface area contributed by atoms with Gasteiger partial charge >= 0.3 is 0 Å². The molecule has 12 rings (SSSR count). The molecule has 8 fully saturated rings. The quantitative estimate of drug-likeness (QED) is 0.157. The molecule has 4 aromatic rings. The fraction of sp³-hybridized carbons (Fsp3) is 0.489. The van der Waals surface area contributed by atoms with Crippen LogP contribution in [0.15, 0.2) is 60.7 Å². The molecule has 0 saturated heterocycles. The lowest BCUT2D eigenvalue weighted by Crippen LogP contribution is -2.50. The molecule has 276 valence electrons. The van der Waals surface area contributed by atoms with E-state index >= 15 is 0 Å². The first-order valence-corrected chi connectivity index (χ1v) is 20.4. The number of anilines is 3. The SMILES string of the molecule is Cc1c(N)cccc1Oc1cc(Oc2cccc(N)c2C)c(C23CC4CC(CC(C4)C2)C3)c(Oc2cccc(N)c2C)c1C12CC3CC(CC(C3)C1)C2. The summed E-state index contributed by atoms with van der Waals surface area (Å²) in [5, 5.41) is 0. The third kappa shape index (κ3) is 5.40. The highest BCUT2D eigenvalue weighted by Gasteiger charge is 2.58.